The second-order valence-electron chi connectivity index (χ2n) is 7.37. The number of hydrogen-bond acceptors (Lipinski definition) is 7. The molecule has 7 nitrogen and oxygen atoms in total. The average Bonchev–Trinajstić information content (AvgIpc) is 2.74. The maximum absolute atomic E-state index is 12.7. The molecule has 0 N–H and O–H groups in total. The van der Waals surface area contributed by atoms with Crippen LogP contribution in [-0.2, 0) is 35.0 Å². The van der Waals surface area contributed by atoms with Gasteiger partial charge in [-0.2, -0.15) is 0 Å². The van der Waals surface area contributed by atoms with E-state index in [4.69, 9.17) is 42.1 Å². The fourth-order valence-corrected chi connectivity index (χ4v) is 4.45. The van der Waals surface area contributed by atoms with Gasteiger partial charge in [-0.05, 0) is 71.5 Å². The Morgan fingerprint density at radius 3 is 2.24 bits per heavy atom. The first-order chi connectivity index (χ1) is 15.6. The lowest BCUT2D eigenvalue weighted by molar-refractivity contribution is -0.142. The summed E-state index contributed by atoms with van der Waals surface area (Å²) in [5.74, 6) is -0.964. The number of ether oxygens (including phenoxy) is 4. The fraction of sp³-hybridized carbons (Fsp3) is 0.435. The highest BCUT2D eigenvalue weighted by Gasteiger charge is 2.35. The molecule has 0 aliphatic heterocycles. The Hall–Kier alpha value is -1.87. The van der Waals surface area contributed by atoms with Crippen molar-refractivity contribution in [2.45, 2.75) is 45.1 Å². The van der Waals surface area contributed by atoms with E-state index in [0.29, 0.717) is 41.8 Å². The highest BCUT2D eigenvalue weighted by Crippen LogP contribution is 2.39. The number of methoxy groups -OCH3 is 1. The van der Waals surface area contributed by atoms with Crippen molar-refractivity contribution in [2.75, 3.05) is 20.3 Å². The molecular weight excluding hydrogens is 539 g/mol. The van der Waals surface area contributed by atoms with E-state index in [1.54, 1.807) is 12.1 Å². The first kappa shape index (κ1) is 27.4. The van der Waals surface area contributed by atoms with E-state index in [2.05, 4.69) is 15.9 Å². The van der Waals surface area contributed by atoms with Gasteiger partial charge in [0.15, 0.2) is 11.5 Å². The molecule has 0 saturated carbocycles. The summed E-state index contributed by atoms with van der Waals surface area (Å²) in [4.78, 5) is 34.5. The molecular formula is C23H25BrCl2O7. The first-order valence-electron chi connectivity index (χ1n) is 10.2. The summed E-state index contributed by atoms with van der Waals surface area (Å²) in [5, 5.41) is 0.250. The molecule has 1 aromatic rings. The standard InChI is InChI=1S/C23H25BrCl2O7/c1-14(27)31-8-4-6-16-10-17(24)22(18(25)11-16)33-20-13-23(30-3,12-19(26)21(20)29)7-5-9-32-15(2)28/h10-13H,4-9H2,1-3H3. The Labute approximate surface area is 211 Å². The lowest BCUT2D eigenvalue weighted by Crippen LogP contribution is -2.33. The van der Waals surface area contributed by atoms with Gasteiger partial charge in [0.05, 0.1) is 27.7 Å². The van der Waals surface area contributed by atoms with Crippen LogP contribution >= 0.6 is 39.1 Å². The number of Topliss-reactive ketones (excluding diaryl/α,β-unsaturated/α-hetero) is 1. The van der Waals surface area contributed by atoms with Crippen LogP contribution in [0.4, 0.5) is 0 Å². The number of esters is 2. The maximum atomic E-state index is 12.7. The smallest absolute Gasteiger partial charge is 0.302 e. The van der Waals surface area contributed by atoms with Gasteiger partial charge in [-0.25, -0.2) is 0 Å². The molecule has 1 unspecified atom stereocenters. The van der Waals surface area contributed by atoms with E-state index in [9.17, 15) is 14.4 Å². The van der Waals surface area contributed by atoms with Crippen molar-refractivity contribution in [2.24, 2.45) is 0 Å². The van der Waals surface area contributed by atoms with E-state index >= 15 is 0 Å². The minimum absolute atomic E-state index is 0.0259. The Balaban J connectivity index is 2.18. The van der Waals surface area contributed by atoms with Crippen molar-refractivity contribution in [3.63, 3.8) is 0 Å². The van der Waals surface area contributed by atoms with Crippen molar-refractivity contribution in [3.8, 4) is 5.75 Å². The van der Waals surface area contributed by atoms with E-state index < -0.39 is 11.4 Å². The minimum atomic E-state index is -1.00. The zero-order valence-corrected chi connectivity index (χ0v) is 21.6. The number of allylic oxidation sites excluding steroid dienone is 1. The number of ketones is 1. The van der Waals surface area contributed by atoms with Crippen molar-refractivity contribution in [3.05, 3.63) is 50.1 Å². The lowest BCUT2D eigenvalue weighted by Gasteiger charge is -2.30. The summed E-state index contributed by atoms with van der Waals surface area (Å²) in [7, 11) is 1.49. The topological polar surface area (TPSA) is 88.1 Å². The number of aryl methyl sites for hydroxylation is 1. The molecule has 10 heteroatoms. The predicted octanol–water partition coefficient (Wildman–Crippen LogP) is 5.29. The second-order valence-corrected chi connectivity index (χ2v) is 9.04. The van der Waals surface area contributed by atoms with E-state index in [1.165, 1.54) is 27.0 Å². The molecule has 0 amide bonds. The van der Waals surface area contributed by atoms with Crippen LogP contribution < -0.4 is 4.74 Å². The summed E-state index contributed by atoms with van der Waals surface area (Å²) >= 11 is 16.1. The van der Waals surface area contributed by atoms with Gasteiger partial charge in [-0.3, -0.25) is 14.4 Å². The van der Waals surface area contributed by atoms with Crippen LogP contribution in [-0.4, -0.2) is 43.6 Å². The third-order valence-corrected chi connectivity index (χ3v) is 5.92. The van der Waals surface area contributed by atoms with E-state index in [0.717, 1.165) is 5.56 Å². The van der Waals surface area contributed by atoms with Crippen LogP contribution in [0, 0.1) is 0 Å². The molecule has 0 aromatic heterocycles. The zero-order chi connectivity index (χ0) is 24.6. The van der Waals surface area contributed by atoms with Crippen LogP contribution in [0.1, 0.15) is 38.7 Å². The molecule has 0 spiro atoms. The normalized spacial score (nSPS) is 17.8. The quantitative estimate of drug-likeness (QED) is 0.267. The molecule has 2 rings (SSSR count). The number of rotatable bonds is 11. The third kappa shape index (κ3) is 8.14. The van der Waals surface area contributed by atoms with Crippen molar-refractivity contribution in [1.82, 2.24) is 0 Å². The van der Waals surface area contributed by atoms with Gasteiger partial charge in [0.2, 0.25) is 5.78 Å². The van der Waals surface area contributed by atoms with Gasteiger partial charge < -0.3 is 18.9 Å². The first-order valence-corrected chi connectivity index (χ1v) is 11.8. The number of carbonyl (C=O) groups is 3. The molecule has 0 heterocycles. The van der Waals surface area contributed by atoms with E-state index in [-0.39, 0.29) is 35.1 Å². The Kier molecular flexibility index (Phi) is 10.4. The van der Waals surface area contributed by atoms with E-state index in [1.807, 2.05) is 6.07 Å². The summed E-state index contributed by atoms with van der Waals surface area (Å²) in [6, 6.07) is 3.55. The van der Waals surface area contributed by atoms with Crippen LogP contribution in [0.25, 0.3) is 0 Å². The predicted molar refractivity (Wildman–Crippen MR) is 127 cm³/mol. The molecule has 1 atom stereocenters. The molecule has 0 fully saturated rings. The molecule has 0 bridgehead atoms. The summed E-state index contributed by atoms with van der Waals surface area (Å²) in [6.07, 6.45) is 5.22. The molecule has 33 heavy (non-hydrogen) atoms. The number of hydrogen-bond donors (Lipinski definition) is 0. The van der Waals surface area contributed by atoms with Crippen molar-refractivity contribution < 1.29 is 33.3 Å². The van der Waals surface area contributed by atoms with Crippen LogP contribution in [0.2, 0.25) is 5.02 Å². The Morgan fingerprint density at radius 2 is 1.67 bits per heavy atom. The van der Waals surface area contributed by atoms with Crippen LogP contribution in [0.5, 0.6) is 5.75 Å². The average molecular weight is 564 g/mol. The third-order valence-electron chi connectivity index (χ3n) is 4.77. The SMILES string of the molecule is COC1(CCCOC(C)=O)C=C(Cl)C(=O)C(Oc2c(Cl)cc(CCCOC(C)=O)cc2Br)=C1. The number of benzene rings is 1. The van der Waals surface area contributed by atoms with Gasteiger partial charge in [0.25, 0.3) is 0 Å². The maximum Gasteiger partial charge on any atom is 0.302 e. The fourth-order valence-electron chi connectivity index (χ4n) is 3.19. The highest BCUT2D eigenvalue weighted by molar-refractivity contribution is 9.10. The van der Waals surface area contributed by atoms with Gasteiger partial charge in [0, 0.05) is 21.0 Å². The molecule has 0 radical (unpaired) electrons. The largest absolute Gasteiger partial charge is 0.466 e. The zero-order valence-electron chi connectivity index (χ0n) is 18.5. The molecule has 1 aromatic carbocycles. The van der Waals surface area contributed by atoms with Crippen LogP contribution in [0.3, 0.4) is 0 Å². The van der Waals surface area contributed by atoms with Crippen LogP contribution in [0.15, 0.2) is 39.5 Å². The molecule has 1 aliphatic carbocycles. The van der Waals surface area contributed by atoms with Crippen molar-refractivity contribution in [1.29, 1.82) is 0 Å². The van der Waals surface area contributed by atoms with Gasteiger partial charge in [0.1, 0.15) is 5.60 Å². The molecule has 180 valence electrons. The van der Waals surface area contributed by atoms with Gasteiger partial charge >= 0.3 is 11.9 Å². The van der Waals surface area contributed by atoms with Gasteiger partial charge in [-0.1, -0.05) is 23.2 Å². The summed E-state index contributed by atoms with van der Waals surface area (Å²) < 4.78 is 22.0. The minimum Gasteiger partial charge on any atom is -0.466 e. The van der Waals surface area contributed by atoms with Gasteiger partial charge in [-0.15, -0.1) is 0 Å². The number of carbonyl (C=O) groups excluding carboxylic acids is 3. The number of halogens is 3. The second kappa shape index (κ2) is 12.6. The Morgan fingerprint density at radius 1 is 1.03 bits per heavy atom. The molecule has 1 aliphatic rings. The highest BCUT2D eigenvalue weighted by atomic mass is 79.9. The Bertz CT molecular complexity index is 951. The molecule has 0 saturated heterocycles. The summed E-state index contributed by atoms with van der Waals surface area (Å²) in [5.41, 5.74) is -0.0965. The summed E-state index contributed by atoms with van der Waals surface area (Å²) in [6.45, 7) is 3.22. The lowest BCUT2D eigenvalue weighted by atomic mass is 9.91. The monoisotopic (exact) mass is 562 g/mol. The van der Waals surface area contributed by atoms with Crippen molar-refractivity contribution >= 4 is 56.9 Å².